The molecule has 0 bridgehead atoms. The molecule has 0 atom stereocenters. The summed E-state index contributed by atoms with van der Waals surface area (Å²) in [5, 5.41) is 6.96. The lowest BCUT2D eigenvalue weighted by Crippen LogP contribution is -2.11. The van der Waals surface area contributed by atoms with Gasteiger partial charge in [0.25, 0.3) is 0 Å². The van der Waals surface area contributed by atoms with Gasteiger partial charge in [0.05, 0.1) is 28.1 Å². The summed E-state index contributed by atoms with van der Waals surface area (Å²) < 4.78 is 0. The monoisotopic (exact) mass is 751 g/mol. The first-order chi connectivity index (χ1) is 29.3. The van der Waals surface area contributed by atoms with Gasteiger partial charge >= 0.3 is 0 Å². The van der Waals surface area contributed by atoms with Gasteiger partial charge in [0, 0.05) is 44.0 Å². The van der Waals surface area contributed by atoms with Gasteiger partial charge in [0.1, 0.15) is 0 Å². The molecule has 3 nitrogen and oxygen atoms in total. The molecule has 0 amide bonds. The lowest BCUT2D eigenvalue weighted by Gasteiger charge is -2.27. The van der Waals surface area contributed by atoms with E-state index in [0.29, 0.717) is 0 Å². The summed E-state index contributed by atoms with van der Waals surface area (Å²) in [6, 6.07) is 79.7. The average Bonchev–Trinajstić information content (AvgIpc) is 3.32. The van der Waals surface area contributed by atoms with E-state index in [0.717, 1.165) is 77.9 Å². The summed E-state index contributed by atoms with van der Waals surface area (Å²) in [7, 11) is 0. The Morgan fingerprint density at radius 1 is 0.339 bits per heavy atom. The molecular weight excluding hydrogens is 715 g/mol. The second-order valence-corrected chi connectivity index (χ2v) is 14.9. The van der Waals surface area contributed by atoms with Crippen LogP contribution in [0, 0.1) is 0 Å². The quantitative estimate of drug-likeness (QED) is 0.152. The average molecular weight is 752 g/mol. The van der Waals surface area contributed by atoms with Crippen LogP contribution >= 0.6 is 0 Å². The number of para-hydroxylation sites is 4. The minimum atomic E-state index is 0.920. The first kappa shape index (κ1) is 34.4. The molecule has 0 unspecified atom stereocenters. The van der Waals surface area contributed by atoms with Gasteiger partial charge in [0.15, 0.2) is 0 Å². The maximum atomic E-state index is 5.67. The van der Waals surface area contributed by atoms with E-state index in [1.807, 2.05) is 0 Å². The summed E-state index contributed by atoms with van der Waals surface area (Å²) in [6.45, 7) is 0. The number of rotatable bonds is 7. The molecule has 2 aromatic heterocycles. The van der Waals surface area contributed by atoms with E-state index < -0.39 is 0 Å². The summed E-state index contributed by atoms with van der Waals surface area (Å²) in [5.74, 6) is 0. The molecule has 0 saturated carbocycles. The Morgan fingerprint density at radius 2 is 0.915 bits per heavy atom. The molecule has 276 valence electrons. The van der Waals surface area contributed by atoms with E-state index in [2.05, 4.69) is 229 Å². The summed E-state index contributed by atoms with van der Waals surface area (Å²) in [4.78, 5) is 13.3. The standard InChI is InChI=1S/C56H37N3/c1-4-16-38(17-5-1)39-30-32-41(33-31-39)50-37-52(57-51-28-13-12-26-47(50)51)42-19-14-20-43(36-42)55-49-35-34-40-18-10-11-25-46(40)54(49)48-27-15-29-53(56(48)58-55)59(44-21-6-2-7-22-44)45-23-8-3-9-24-45/h1-37H. The SMILES string of the molecule is c1ccc(-c2ccc(-c3cc(-c4cccc(-c5nc6c(N(c7ccccc7)c7ccccc7)cccc6c6c5ccc5ccccc56)c4)nc4ccccc34)cc2)cc1. The van der Waals surface area contributed by atoms with Crippen LogP contribution in [0.15, 0.2) is 224 Å². The van der Waals surface area contributed by atoms with Crippen molar-refractivity contribution in [3.63, 3.8) is 0 Å². The van der Waals surface area contributed by atoms with Crippen LogP contribution in [0.1, 0.15) is 0 Å². The van der Waals surface area contributed by atoms with Crippen LogP contribution in [-0.4, -0.2) is 9.97 Å². The topological polar surface area (TPSA) is 29.0 Å². The zero-order valence-electron chi connectivity index (χ0n) is 32.2. The summed E-state index contributed by atoms with van der Waals surface area (Å²) in [6.07, 6.45) is 0. The maximum absolute atomic E-state index is 5.67. The van der Waals surface area contributed by atoms with Crippen molar-refractivity contribution >= 4 is 60.4 Å². The summed E-state index contributed by atoms with van der Waals surface area (Å²) >= 11 is 0. The van der Waals surface area contributed by atoms with E-state index in [-0.39, 0.29) is 0 Å². The Labute approximate surface area is 343 Å². The van der Waals surface area contributed by atoms with E-state index in [9.17, 15) is 0 Å². The minimum Gasteiger partial charge on any atom is -0.308 e. The second-order valence-electron chi connectivity index (χ2n) is 14.9. The van der Waals surface area contributed by atoms with Gasteiger partial charge in [-0.15, -0.1) is 0 Å². The van der Waals surface area contributed by atoms with Crippen molar-refractivity contribution in [2.24, 2.45) is 0 Å². The number of pyridine rings is 2. The van der Waals surface area contributed by atoms with Crippen LogP contribution in [-0.2, 0) is 0 Å². The predicted octanol–water partition coefficient (Wildman–Crippen LogP) is 15.2. The number of hydrogen-bond donors (Lipinski definition) is 0. The Hall–Kier alpha value is -7.88. The lowest BCUT2D eigenvalue weighted by atomic mass is 9.93. The van der Waals surface area contributed by atoms with Gasteiger partial charge < -0.3 is 4.90 Å². The molecule has 11 aromatic rings. The third-order valence-corrected chi connectivity index (χ3v) is 11.4. The third kappa shape index (κ3) is 6.17. The van der Waals surface area contributed by atoms with Crippen LogP contribution in [0.5, 0.6) is 0 Å². The van der Waals surface area contributed by atoms with Crippen molar-refractivity contribution in [3.05, 3.63) is 224 Å². The Balaban J connectivity index is 1.12. The fraction of sp³-hybridized carbons (Fsp3) is 0. The first-order valence-electron chi connectivity index (χ1n) is 20.1. The molecule has 0 radical (unpaired) electrons. The highest BCUT2D eigenvalue weighted by Gasteiger charge is 2.21. The van der Waals surface area contributed by atoms with Gasteiger partial charge in [-0.05, 0) is 81.6 Å². The molecule has 0 aliphatic rings. The van der Waals surface area contributed by atoms with Crippen LogP contribution in [0.3, 0.4) is 0 Å². The molecule has 0 saturated heterocycles. The molecule has 0 fully saturated rings. The number of benzene rings is 9. The van der Waals surface area contributed by atoms with Gasteiger partial charge in [-0.3, -0.25) is 0 Å². The van der Waals surface area contributed by atoms with Crippen molar-refractivity contribution in [2.75, 3.05) is 4.90 Å². The molecular formula is C56H37N3. The second kappa shape index (κ2) is 14.6. The highest BCUT2D eigenvalue weighted by Crippen LogP contribution is 2.44. The lowest BCUT2D eigenvalue weighted by molar-refractivity contribution is 1.28. The molecule has 59 heavy (non-hydrogen) atoms. The van der Waals surface area contributed by atoms with E-state index >= 15 is 0 Å². The van der Waals surface area contributed by atoms with Crippen molar-refractivity contribution in [1.82, 2.24) is 9.97 Å². The smallest absolute Gasteiger partial charge is 0.0956 e. The fourth-order valence-corrected chi connectivity index (χ4v) is 8.62. The molecule has 0 aliphatic carbocycles. The Kier molecular flexibility index (Phi) is 8.49. The van der Waals surface area contributed by atoms with Gasteiger partial charge in [-0.1, -0.05) is 176 Å². The maximum Gasteiger partial charge on any atom is 0.0956 e. The highest BCUT2D eigenvalue weighted by molar-refractivity contribution is 6.24. The number of aromatic nitrogens is 2. The first-order valence-corrected chi connectivity index (χ1v) is 20.1. The molecule has 0 spiro atoms. The normalized spacial score (nSPS) is 11.4. The molecule has 9 aromatic carbocycles. The third-order valence-electron chi connectivity index (χ3n) is 11.4. The number of hydrogen-bond acceptors (Lipinski definition) is 3. The fourth-order valence-electron chi connectivity index (χ4n) is 8.62. The van der Waals surface area contributed by atoms with Crippen molar-refractivity contribution < 1.29 is 0 Å². The van der Waals surface area contributed by atoms with E-state index in [1.54, 1.807) is 0 Å². The van der Waals surface area contributed by atoms with Gasteiger partial charge in [-0.25, -0.2) is 9.97 Å². The molecule has 11 rings (SSSR count). The Morgan fingerprint density at radius 3 is 1.68 bits per heavy atom. The van der Waals surface area contributed by atoms with Crippen molar-refractivity contribution in [3.8, 4) is 44.8 Å². The number of fused-ring (bicyclic) bond motifs is 6. The summed E-state index contributed by atoms with van der Waals surface area (Å²) in [5.41, 5.74) is 13.7. The van der Waals surface area contributed by atoms with E-state index in [1.165, 1.54) is 27.3 Å². The zero-order valence-corrected chi connectivity index (χ0v) is 32.2. The Bertz CT molecular complexity index is 3270. The van der Waals surface area contributed by atoms with Crippen molar-refractivity contribution in [1.29, 1.82) is 0 Å². The van der Waals surface area contributed by atoms with Crippen LogP contribution in [0.25, 0.3) is 88.1 Å². The van der Waals surface area contributed by atoms with Gasteiger partial charge in [0.2, 0.25) is 0 Å². The van der Waals surface area contributed by atoms with E-state index in [4.69, 9.17) is 9.97 Å². The largest absolute Gasteiger partial charge is 0.308 e. The minimum absolute atomic E-state index is 0.920. The molecule has 0 aliphatic heterocycles. The number of anilines is 3. The number of nitrogens with zero attached hydrogens (tertiary/aromatic N) is 3. The molecule has 3 heteroatoms. The zero-order chi connectivity index (χ0) is 39.1. The molecule has 0 N–H and O–H groups in total. The predicted molar refractivity (Wildman–Crippen MR) is 248 cm³/mol. The van der Waals surface area contributed by atoms with Crippen LogP contribution in [0.2, 0.25) is 0 Å². The molecule has 2 heterocycles. The van der Waals surface area contributed by atoms with Crippen LogP contribution in [0.4, 0.5) is 17.1 Å². The van der Waals surface area contributed by atoms with Crippen molar-refractivity contribution in [2.45, 2.75) is 0 Å². The highest BCUT2D eigenvalue weighted by atomic mass is 15.1. The van der Waals surface area contributed by atoms with Gasteiger partial charge in [-0.2, -0.15) is 0 Å². The van der Waals surface area contributed by atoms with Crippen LogP contribution < -0.4 is 4.90 Å².